The molecule has 1 heterocycles. The van der Waals surface area contributed by atoms with Crippen molar-refractivity contribution in [2.75, 3.05) is 18.4 Å². The van der Waals surface area contributed by atoms with Crippen LogP contribution in [-0.4, -0.2) is 34.8 Å². The molecule has 0 saturated carbocycles. The largest absolute Gasteiger partial charge is 0.333 e. The number of benzene rings is 1. The van der Waals surface area contributed by atoms with E-state index in [1.807, 2.05) is 42.6 Å². The van der Waals surface area contributed by atoms with Gasteiger partial charge in [-0.05, 0) is 12.8 Å². The average Bonchev–Trinajstić information content (AvgIpc) is 3.10. The number of amides is 2. The molecule has 1 aromatic carbocycles. The number of carbonyl (C=O) groups is 2. The summed E-state index contributed by atoms with van der Waals surface area (Å²) < 4.78 is 0. The SMILES string of the molecule is CCCCCC(=O)N(CCC)CC(=O)Nc1nc(-c2ccccc2)cs1. The van der Waals surface area contributed by atoms with E-state index in [0.29, 0.717) is 18.1 Å². The normalized spacial score (nSPS) is 10.5. The van der Waals surface area contributed by atoms with Gasteiger partial charge >= 0.3 is 0 Å². The predicted molar refractivity (Wildman–Crippen MR) is 107 cm³/mol. The van der Waals surface area contributed by atoms with E-state index in [4.69, 9.17) is 0 Å². The fourth-order valence-corrected chi connectivity index (χ4v) is 3.39. The van der Waals surface area contributed by atoms with E-state index in [2.05, 4.69) is 17.2 Å². The van der Waals surface area contributed by atoms with E-state index in [1.165, 1.54) is 11.3 Å². The summed E-state index contributed by atoms with van der Waals surface area (Å²) in [6.45, 7) is 4.81. The fourth-order valence-electron chi connectivity index (χ4n) is 2.65. The van der Waals surface area contributed by atoms with Crippen molar-refractivity contribution in [1.29, 1.82) is 0 Å². The molecule has 6 heteroatoms. The van der Waals surface area contributed by atoms with Gasteiger partial charge in [0.2, 0.25) is 11.8 Å². The van der Waals surface area contributed by atoms with Crippen molar-refractivity contribution in [3.8, 4) is 11.3 Å². The highest BCUT2D eigenvalue weighted by Crippen LogP contribution is 2.24. The van der Waals surface area contributed by atoms with Crippen LogP contribution in [0, 0.1) is 0 Å². The second-order valence-electron chi connectivity index (χ2n) is 6.22. The fraction of sp³-hybridized carbons (Fsp3) is 0.450. The second kappa shape index (κ2) is 10.7. The maximum atomic E-state index is 12.3. The summed E-state index contributed by atoms with van der Waals surface area (Å²) >= 11 is 1.39. The van der Waals surface area contributed by atoms with Gasteiger partial charge in [0.25, 0.3) is 0 Å². The number of nitrogens with zero attached hydrogens (tertiary/aromatic N) is 2. The third-order valence-electron chi connectivity index (χ3n) is 3.99. The lowest BCUT2D eigenvalue weighted by Crippen LogP contribution is -2.38. The smallest absolute Gasteiger partial charge is 0.245 e. The highest BCUT2D eigenvalue weighted by atomic mass is 32.1. The first-order chi connectivity index (χ1) is 12.6. The number of rotatable bonds is 10. The summed E-state index contributed by atoms with van der Waals surface area (Å²) in [5, 5.41) is 5.30. The number of nitrogens with one attached hydrogen (secondary N) is 1. The van der Waals surface area contributed by atoms with Gasteiger partial charge in [0.15, 0.2) is 5.13 Å². The molecule has 26 heavy (non-hydrogen) atoms. The number of hydrogen-bond donors (Lipinski definition) is 1. The zero-order valence-corrected chi connectivity index (χ0v) is 16.3. The summed E-state index contributed by atoms with van der Waals surface area (Å²) in [5.41, 5.74) is 1.86. The summed E-state index contributed by atoms with van der Waals surface area (Å²) in [6.07, 6.45) is 4.34. The lowest BCUT2D eigenvalue weighted by molar-refractivity contribution is -0.134. The molecule has 1 aromatic heterocycles. The molecule has 0 radical (unpaired) electrons. The second-order valence-corrected chi connectivity index (χ2v) is 7.08. The Bertz CT molecular complexity index is 700. The van der Waals surface area contributed by atoms with E-state index in [0.717, 1.165) is 36.9 Å². The Labute approximate surface area is 159 Å². The van der Waals surface area contributed by atoms with Gasteiger partial charge in [0.1, 0.15) is 0 Å². The Morgan fingerprint density at radius 2 is 1.88 bits per heavy atom. The van der Waals surface area contributed by atoms with Crippen LogP contribution >= 0.6 is 11.3 Å². The Morgan fingerprint density at radius 3 is 2.58 bits per heavy atom. The highest BCUT2D eigenvalue weighted by molar-refractivity contribution is 7.14. The third-order valence-corrected chi connectivity index (χ3v) is 4.75. The highest BCUT2D eigenvalue weighted by Gasteiger charge is 2.17. The Balaban J connectivity index is 1.91. The van der Waals surface area contributed by atoms with Gasteiger partial charge in [-0.3, -0.25) is 9.59 Å². The van der Waals surface area contributed by atoms with Crippen LogP contribution in [0.2, 0.25) is 0 Å². The molecular weight excluding hydrogens is 346 g/mol. The first-order valence-corrected chi connectivity index (χ1v) is 10.1. The van der Waals surface area contributed by atoms with Crippen LogP contribution in [0.25, 0.3) is 11.3 Å². The number of aromatic nitrogens is 1. The molecule has 140 valence electrons. The molecule has 0 atom stereocenters. The lowest BCUT2D eigenvalue weighted by atomic mass is 10.2. The van der Waals surface area contributed by atoms with E-state index >= 15 is 0 Å². The molecular formula is C20H27N3O2S. The Kier molecular flexibility index (Phi) is 8.28. The Hall–Kier alpha value is -2.21. The van der Waals surface area contributed by atoms with Crippen molar-refractivity contribution < 1.29 is 9.59 Å². The van der Waals surface area contributed by atoms with Crippen LogP contribution in [-0.2, 0) is 9.59 Å². The van der Waals surface area contributed by atoms with Crippen LogP contribution in [0.1, 0.15) is 46.0 Å². The number of anilines is 1. The molecule has 0 fully saturated rings. The van der Waals surface area contributed by atoms with E-state index < -0.39 is 0 Å². The van der Waals surface area contributed by atoms with Crippen LogP contribution in [0.4, 0.5) is 5.13 Å². The minimum absolute atomic E-state index is 0.0552. The van der Waals surface area contributed by atoms with Crippen LogP contribution in [0.15, 0.2) is 35.7 Å². The molecule has 2 rings (SSSR count). The zero-order chi connectivity index (χ0) is 18.8. The summed E-state index contributed by atoms with van der Waals surface area (Å²) in [7, 11) is 0. The van der Waals surface area contributed by atoms with Crippen molar-refractivity contribution in [2.24, 2.45) is 0 Å². The molecule has 0 spiro atoms. The van der Waals surface area contributed by atoms with Gasteiger partial charge in [0.05, 0.1) is 12.2 Å². The van der Waals surface area contributed by atoms with E-state index in [9.17, 15) is 9.59 Å². The quantitative estimate of drug-likeness (QED) is 0.621. The lowest BCUT2D eigenvalue weighted by Gasteiger charge is -2.21. The number of unbranched alkanes of at least 4 members (excludes halogenated alkanes) is 2. The van der Waals surface area contributed by atoms with Gasteiger partial charge in [0, 0.05) is 23.9 Å². The van der Waals surface area contributed by atoms with E-state index in [-0.39, 0.29) is 18.4 Å². The van der Waals surface area contributed by atoms with Crippen molar-refractivity contribution in [2.45, 2.75) is 46.0 Å². The molecule has 0 saturated heterocycles. The zero-order valence-electron chi connectivity index (χ0n) is 15.5. The molecule has 0 aliphatic rings. The van der Waals surface area contributed by atoms with Gasteiger partial charge in [-0.25, -0.2) is 4.98 Å². The van der Waals surface area contributed by atoms with Crippen molar-refractivity contribution in [1.82, 2.24) is 9.88 Å². The molecule has 0 bridgehead atoms. The minimum Gasteiger partial charge on any atom is -0.333 e. The number of carbonyl (C=O) groups excluding carboxylic acids is 2. The number of hydrogen-bond acceptors (Lipinski definition) is 4. The van der Waals surface area contributed by atoms with Gasteiger partial charge in [-0.15, -0.1) is 11.3 Å². The van der Waals surface area contributed by atoms with Crippen LogP contribution < -0.4 is 5.32 Å². The topological polar surface area (TPSA) is 62.3 Å². The van der Waals surface area contributed by atoms with Crippen LogP contribution in [0.5, 0.6) is 0 Å². The molecule has 0 aliphatic heterocycles. The molecule has 1 N–H and O–H groups in total. The van der Waals surface area contributed by atoms with Gasteiger partial charge < -0.3 is 10.2 Å². The summed E-state index contributed by atoms with van der Waals surface area (Å²) in [4.78, 5) is 30.8. The molecule has 5 nitrogen and oxygen atoms in total. The maximum Gasteiger partial charge on any atom is 0.245 e. The molecule has 2 amide bonds. The van der Waals surface area contributed by atoms with Gasteiger partial charge in [-0.1, -0.05) is 57.0 Å². The molecule has 0 aliphatic carbocycles. The molecule has 2 aromatic rings. The van der Waals surface area contributed by atoms with Crippen molar-refractivity contribution in [3.63, 3.8) is 0 Å². The van der Waals surface area contributed by atoms with Gasteiger partial charge in [-0.2, -0.15) is 0 Å². The van der Waals surface area contributed by atoms with Crippen molar-refractivity contribution >= 4 is 28.3 Å². The first-order valence-electron chi connectivity index (χ1n) is 9.22. The van der Waals surface area contributed by atoms with Crippen LogP contribution in [0.3, 0.4) is 0 Å². The Morgan fingerprint density at radius 1 is 1.12 bits per heavy atom. The molecule has 0 unspecified atom stereocenters. The predicted octanol–water partition coefficient (Wildman–Crippen LogP) is 4.57. The maximum absolute atomic E-state index is 12.3. The summed E-state index contributed by atoms with van der Waals surface area (Å²) in [6, 6.07) is 9.84. The number of thiazole rings is 1. The van der Waals surface area contributed by atoms with Crippen molar-refractivity contribution in [3.05, 3.63) is 35.7 Å². The monoisotopic (exact) mass is 373 g/mol. The first kappa shape index (κ1) is 20.1. The third kappa shape index (κ3) is 6.26. The summed E-state index contributed by atoms with van der Waals surface area (Å²) in [5.74, 6) is -0.143. The average molecular weight is 374 g/mol. The van der Waals surface area contributed by atoms with E-state index in [1.54, 1.807) is 4.90 Å². The minimum atomic E-state index is -0.198. The standard InChI is InChI=1S/C20H27N3O2S/c1-3-5-7-12-19(25)23(13-4-2)14-18(24)22-20-21-17(15-26-20)16-10-8-6-9-11-16/h6,8-11,15H,3-5,7,12-14H2,1-2H3,(H,21,22,24).